The lowest BCUT2D eigenvalue weighted by molar-refractivity contribution is 0.391. The van der Waals surface area contributed by atoms with Gasteiger partial charge in [0.1, 0.15) is 0 Å². The summed E-state index contributed by atoms with van der Waals surface area (Å²) >= 11 is 8.13. The van der Waals surface area contributed by atoms with Crippen molar-refractivity contribution >= 4 is 50.8 Å². The third-order valence-corrected chi connectivity index (χ3v) is 5.94. The molecule has 0 saturated carbocycles. The second-order valence-electron chi connectivity index (χ2n) is 3.85. The molecule has 0 N–H and O–H groups in total. The zero-order chi connectivity index (χ0) is 14.7. The summed E-state index contributed by atoms with van der Waals surface area (Å²) < 4.78 is 8.11. The van der Waals surface area contributed by atoms with E-state index in [-0.39, 0.29) is 0 Å². The van der Waals surface area contributed by atoms with Crippen LogP contribution in [0.15, 0.2) is 41.9 Å². The highest BCUT2D eigenvalue weighted by Crippen LogP contribution is 2.29. The molecule has 21 heavy (non-hydrogen) atoms. The van der Waals surface area contributed by atoms with E-state index < -0.39 is 0 Å². The number of benzene rings is 1. The molecule has 0 atom stereocenters. The molecule has 0 radical (unpaired) electrons. The second kappa shape index (κ2) is 6.91. The molecule has 5 nitrogen and oxygen atoms in total. The Morgan fingerprint density at radius 2 is 2.14 bits per heavy atom. The average Bonchev–Trinajstić information content (AvgIpc) is 3.14. The van der Waals surface area contributed by atoms with Gasteiger partial charge in [0.15, 0.2) is 8.68 Å². The molecule has 108 valence electrons. The highest BCUT2D eigenvalue weighted by Gasteiger charge is 2.11. The minimum absolute atomic E-state index is 0.580. The van der Waals surface area contributed by atoms with E-state index in [4.69, 9.17) is 4.52 Å². The summed E-state index contributed by atoms with van der Waals surface area (Å²) in [5.74, 6) is 1.76. The van der Waals surface area contributed by atoms with Gasteiger partial charge in [-0.05, 0) is 18.4 Å². The Labute approximate surface area is 142 Å². The van der Waals surface area contributed by atoms with E-state index in [9.17, 15) is 0 Å². The molecule has 0 aliphatic carbocycles. The monoisotopic (exact) mass is 400 g/mol. The first-order valence-corrected chi connectivity index (χ1v) is 9.65. The van der Waals surface area contributed by atoms with Gasteiger partial charge in [0.05, 0.1) is 5.75 Å². The van der Waals surface area contributed by atoms with E-state index in [0.29, 0.717) is 17.5 Å². The molecule has 0 spiro atoms. The number of hydrogen-bond donors (Lipinski definition) is 0. The van der Waals surface area contributed by atoms with Crippen LogP contribution >= 0.6 is 50.8 Å². The topological polar surface area (TPSA) is 64.7 Å². The predicted octanol–water partition coefficient (Wildman–Crippen LogP) is 4.36. The van der Waals surface area contributed by atoms with Gasteiger partial charge in [0.25, 0.3) is 0 Å². The van der Waals surface area contributed by atoms with E-state index in [1.807, 2.05) is 30.5 Å². The van der Waals surface area contributed by atoms with E-state index >= 15 is 0 Å². The molecule has 3 aromatic rings. The quantitative estimate of drug-likeness (QED) is 0.589. The Hall–Kier alpha value is -0.900. The Morgan fingerprint density at radius 1 is 1.29 bits per heavy atom. The molecule has 9 heteroatoms. The molecule has 0 aliphatic rings. The van der Waals surface area contributed by atoms with Crippen molar-refractivity contribution < 1.29 is 4.52 Å². The van der Waals surface area contributed by atoms with Crippen molar-refractivity contribution in [2.45, 2.75) is 14.4 Å². The number of aromatic nitrogens is 4. The molecule has 0 bridgehead atoms. The van der Waals surface area contributed by atoms with Crippen LogP contribution in [0.1, 0.15) is 5.89 Å². The summed E-state index contributed by atoms with van der Waals surface area (Å²) in [5, 5.41) is 12.1. The summed E-state index contributed by atoms with van der Waals surface area (Å²) in [6, 6.07) is 7.80. The van der Waals surface area contributed by atoms with Crippen LogP contribution in [0.2, 0.25) is 0 Å². The van der Waals surface area contributed by atoms with Crippen LogP contribution in [-0.2, 0) is 5.75 Å². The number of hydrogen-bond acceptors (Lipinski definition) is 8. The van der Waals surface area contributed by atoms with Crippen molar-refractivity contribution in [1.29, 1.82) is 0 Å². The van der Waals surface area contributed by atoms with Crippen molar-refractivity contribution in [3.05, 3.63) is 34.6 Å². The zero-order valence-corrected chi connectivity index (χ0v) is 14.9. The summed E-state index contributed by atoms with van der Waals surface area (Å²) in [7, 11) is 0. The minimum atomic E-state index is 0.580. The largest absolute Gasteiger partial charge is 0.338 e. The predicted molar refractivity (Wildman–Crippen MR) is 88.7 cm³/mol. The van der Waals surface area contributed by atoms with Gasteiger partial charge in [-0.15, -0.1) is 10.2 Å². The fourth-order valence-corrected chi connectivity index (χ4v) is 4.19. The summed E-state index contributed by atoms with van der Waals surface area (Å²) in [6.45, 7) is 0. The van der Waals surface area contributed by atoms with Crippen molar-refractivity contribution in [3.63, 3.8) is 0 Å². The van der Waals surface area contributed by atoms with Crippen LogP contribution in [0.25, 0.3) is 11.4 Å². The number of halogens is 1. The smallest absolute Gasteiger partial charge is 0.237 e. The highest BCUT2D eigenvalue weighted by molar-refractivity contribution is 9.10. The molecular weight excluding hydrogens is 392 g/mol. The van der Waals surface area contributed by atoms with Gasteiger partial charge in [-0.25, -0.2) is 0 Å². The maximum Gasteiger partial charge on any atom is 0.237 e. The summed E-state index contributed by atoms with van der Waals surface area (Å²) in [4.78, 5) is 4.40. The Kier molecular flexibility index (Phi) is 4.94. The first kappa shape index (κ1) is 15.0. The molecule has 1 aromatic carbocycles. The molecule has 0 aliphatic heterocycles. The van der Waals surface area contributed by atoms with E-state index in [2.05, 4.69) is 36.3 Å². The molecule has 0 fully saturated rings. The molecule has 0 amide bonds. The van der Waals surface area contributed by atoms with Crippen LogP contribution in [0.3, 0.4) is 0 Å². The SMILES string of the molecule is CSc1nnc(SCc2nc(-c3cccc(Br)c3)no2)s1. The van der Waals surface area contributed by atoms with E-state index in [1.165, 1.54) is 0 Å². The van der Waals surface area contributed by atoms with Gasteiger partial charge in [-0.2, -0.15) is 4.98 Å². The van der Waals surface area contributed by atoms with E-state index in [0.717, 1.165) is 18.7 Å². The number of rotatable bonds is 5. The zero-order valence-electron chi connectivity index (χ0n) is 10.8. The lowest BCUT2D eigenvalue weighted by Gasteiger charge is -1.94. The van der Waals surface area contributed by atoms with Gasteiger partial charge in [-0.3, -0.25) is 0 Å². The molecule has 2 heterocycles. The van der Waals surface area contributed by atoms with Crippen LogP contribution in [0.5, 0.6) is 0 Å². The minimum Gasteiger partial charge on any atom is -0.338 e. The van der Waals surface area contributed by atoms with Gasteiger partial charge >= 0.3 is 0 Å². The van der Waals surface area contributed by atoms with Crippen LogP contribution in [0, 0.1) is 0 Å². The van der Waals surface area contributed by atoms with Gasteiger partial charge < -0.3 is 4.52 Å². The van der Waals surface area contributed by atoms with Crippen molar-refractivity contribution in [3.8, 4) is 11.4 Å². The first-order valence-electron chi connectivity index (χ1n) is 5.83. The van der Waals surface area contributed by atoms with E-state index in [1.54, 1.807) is 34.9 Å². The summed E-state index contributed by atoms with van der Waals surface area (Å²) in [6.07, 6.45) is 1.98. The fourth-order valence-electron chi connectivity index (χ4n) is 1.52. The van der Waals surface area contributed by atoms with Gasteiger partial charge in [0.2, 0.25) is 11.7 Å². The third kappa shape index (κ3) is 3.85. The number of nitrogens with zero attached hydrogens (tertiary/aromatic N) is 4. The van der Waals surface area contributed by atoms with Crippen molar-refractivity contribution in [2.24, 2.45) is 0 Å². The molecular formula is C12H9BrN4OS3. The highest BCUT2D eigenvalue weighted by atomic mass is 79.9. The maximum absolute atomic E-state index is 5.27. The standard InChI is InChI=1S/C12H9BrN4OS3/c1-19-11-15-16-12(21-11)20-6-9-14-10(17-18-9)7-3-2-4-8(13)5-7/h2-5H,6H2,1H3. The lowest BCUT2D eigenvalue weighted by Crippen LogP contribution is -1.83. The molecule has 2 aromatic heterocycles. The van der Waals surface area contributed by atoms with Crippen LogP contribution in [0.4, 0.5) is 0 Å². The van der Waals surface area contributed by atoms with Crippen LogP contribution in [-0.4, -0.2) is 26.6 Å². The van der Waals surface area contributed by atoms with Gasteiger partial charge in [0, 0.05) is 10.0 Å². The average molecular weight is 401 g/mol. The van der Waals surface area contributed by atoms with Crippen molar-refractivity contribution in [1.82, 2.24) is 20.3 Å². The first-order chi connectivity index (χ1) is 10.2. The van der Waals surface area contributed by atoms with Gasteiger partial charge in [-0.1, -0.05) is 68.1 Å². The maximum atomic E-state index is 5.27. The Balaban J connectivity index is 1.67. The van der Waals surface area contributed by atoms with Crippen molar-refractivity contribution in [2.75, 3.05) is 6.26 Å². The second-order valence-corrected chi connectivity index (χ2v) is 8.02. The number of thioether (sulfide) groups is 2. The normalized spacial score (nSPS) is 11.0. The third-order valence-electron chi connectivity index (χ3n) is 2.43. The Bertz CT molecular complexity index is 745. The fraction of sp³-hybridized carbons (Fsp3) is 0.167. The molecule has 0 unspecified atom stereocenters. The summed E-state index contributed by atoms with van der Waals surface area (Å²) in [5.41, 5.74) is 0.921. The Morgan fingerprint density at radius 3 is 2.90 bits per heavy atom. The molecule has 0 saturated heterocycles. The lowest BCUT2D eigenvalue weighted by atomic mass is 10.2. The molecule has 3 rings (SSSR count). The van der Waals surface area contributed by atoms with Crippen LogP contribution < -0.4 is 0 Å².